The molecule has 1 amide bonds. The zero-order chi connectivity index (χ0) is 19.8. The van der Waals surface area contributed by atoms with Crippen molar-refractivity contribution < 1.29 is 19.0 Å². The van der Waals surface area contributed by atoms with Crippen LogP contribution in [0, 0.1) is 6.92 Å². The predicted octanol–water partition coefficient (Wildman–Crippen LogP) is 3.95. The minimum absolute atomic E-state index is 0.0357. The molecule has 3 heterocycles. The molecule has 0 radical (unpaired) electrons. The Bertz CT molecular complexity index is 1010. The normalized spacial score (nSPS) is 15.7. The third-order valence-corrected chi connectivity index (χ3v) is 5.97. The van der Waals surface area contributed by atoms with Gasteiger partial charge in [-0.25, -0.2) is 0 Å². The van der Waals surface area contributed by atoms with Crippen LogP contribution in [0.4, 0.5) is 5.82 Å². The highest BCUT2D eigenvalue weighted by molar-refractivity contribution is 7.12. The van der Waals surface area contributed by atoms with E-state index in [0.717, 1.165) is 21.7 Å². The third kappa shape index (κ3) is 2.99. The SMILES string of the molecule is COc1cc(-c2[nH]nc3c2C(c2ccc(C)s2)CC(=O)N3)cc(OC)c1OC. The Kier molecular flexibility index (Phi) is 4.72. The lowest BCUT2D eigenvalue weighted by Crippen LogP contribution is -2.22. The second-order valence-electron chi connectivity index (χ2n) is 6.53. The number of hydrogen-bond acceptors (Lipinski definition) is 6. The molecule has 0 fully saturated rings. The quantitative estimate of drug-likeness (QED) is 0.679. The number of aromatic nitrogens is 2. The highest BCUT2D eigenvalue weighted by Crippen LogP contribution is 2.46. The molecule has 8 heteroatoms. The Balaban J connectivity index is 1.89. The van der Waals surface area contributed by atoms with Gasteiger partial charge in [0.2, 0.25) is 11.7 Å². The summed E-state index contributed by atoms with van der Waals surface area (Å²) < 4.78 is 16.4. The number of hydrogen-bond donors (Lipinski definition) is 2. The van der Waals surface area contributed by atoms with Crippen LogP contribution in [0.15, 0.2) is 24.3 Å². The smallest absolute Gasteiger partial charge is 0.226 e. The molecule has 2 N–H and O–H groups in total. The van der Waals surface area contributed by atoms with Crippen molar-refractivity contribution in [2.75, 3.05) is 26.6 Å². The monoisotopic (exact) mass is 399 g/mol. The molecule has 2 aromatic heterocycles. The minimum atomic E-state index is -0.0599. The first kappa shape index (κ1) is 18.4. The van der Waals surface area contributed by atoms with Gasteiger partial charge in [0.15, 0.2) is 17.3 Å². The van der Waals surface area contributed by atoms with Gasteiger partial charge in [0, 0.05) is 33.2 Å². The number of ether oxygens (including phenoxy) is 3. The first-order valence-corrected chi connectivity index (χ1v) is 9.62. The van der Waals surface area contributed by atoms with E-state index in [2.05, 4.69) is 34.6 Å². The largest absolute Gasteiger partial charge is 0.493 e. The maximum absolute atomic E-state index is 12.2. The number of thiophene rings is 1. The Hall–Kier alpha value is -3.00. The number of H-pyrrole nitrogens is 1. The van der Waals surface area contributed by atoms with Crippen LogP contribution in [0.1, 0.15) is 27.7 Å². The summed E-state index contributed by atoms with van der Waals surface area (Å²) in [7, 11) is 4.74. The van der Waals surface area contributed by atoms with Crippen molar-refractivity contribution in [1.29, 1.82) is 0 Å². The summed E-state index contributed by atoms with van der Waals surface area (Å²) in [5, 5.41) is 10.3. The molecule has 4 rings (SSSR count). The average Bonchev–Trinajstić information content (AvgIpc) is 3.32. The molecule has 0 saturated carbocycles. The van der Waals surface area contributed by atoms with E-state index in [4.69, 9.17) is 14.2 Å². The number of benzene rings is 1. The van der Waals surface area contributed by atoms with E-state index < -0.39 is 0 Å². The number of rotatable bonds is 5. The molecule has 28 heavy (non-hydrogen) atoms. The van der Waals surface area contributed by atoms with Gasteiger partial charge in [0.25, 0.3) is 0 Å². The van der Waals surface area contributed by atoms with E-state index >= 15 is 0 Å². The molecule has 0 bridgehead atoms. The van der Waals surface area contributed by atoms with Crippen molar-refractivity contribution in [1.82, 2.24) is 10.2 Å². The second-order valence-corrected chi connectivity index (χ2v) is 7.85. The summed E-state index contributed by atoms with van der Waals surface area (Å²) in [6.45, 7) is 2.06. The van der Waals surface area contributed by atoms with Gasteiger partial charge in [-0.05, 0) is 31.2 Å². The first-order chi connectivity index (χ1) is 13.5. The summed E-state index contributed by atoms with van der Waals surface area (Å²) in [6, 6.07) is 7.91. The minimum Gasteiger partial charge on any atom is -0.493 e. The van der Waals surface area contributed by atoms with Crippen molar-refractivity contribution in [3.05, 3.63) is 39.6 Å². The molecule has 0 saturated heterocycles. The fourth-order valence-corrected chi connectivity index (χ4v) is 4.57. The topological polar surface area (TPSA) is 85.5 Å². The summed E-state index contributed by atoms with van der Waals surface area (Å²) in [6.07, 6.45) is 0.379. The molecular formula is C20H21N3O4S. The molecule has 1 aliphatic rings. The zero-order valence-electron chi connectivity index (χ0n) is 16.1. The van der Waals surface area contributed by atoms with Crippen LogP contribution in [0.2, 0.25) is 0 Å². The number of aryl methyl sites for hydroxylation is 1. The van der Waals surface area contributed by atoms with E-state index in [9.17, 15) is 4.79 Å². The van der Waals surface area contributed by atoms with Crippen LogP contribution >= 0.6 is 11.3 Å². The number of carbonyl (C=O) groups excluding carboxylic acids is 1. The lowest BCUT2D eigenvalue weighted by atomic mass is 9.88. The number of carbonyl (C=O) groups is 1. The van der Waals surface area contributed by atoms with Crippen molar-refractivity contribution >= 4 is 23.1 Å². The highest BCUT2D eigenvalue weighted by atomic mass is 32.1. The van der Waals surface area contributed by atoms with Gasteiger partial charge < -0.3 is 19.5 Å². The summed E-state index contributed by atoms with van der Waals surface area (Å²) in [5.74, 6) is 2.12. The van der Waals surface area contributed by atoms with Crippen molar-refractivity contribution in [3.8, 4) is 28.5 Å². The number of aromatic amines is 1. The zero-order valence-corrected chi connectivity index (χ0v) is 16.9. The molecule has 3 aromatic rings. The summed E-state index contributed by atoms with van der Waals surface area (Å²) >= 11 is 1.70. The van der Waals surface area contributed by atoms with E-state index in [-0.39, 0.29) is 11.8 Å². The van der Waals surface area contributed by atoms with Gasteiger partial charge in [0.05, 0.1) is 27.0 Å². The van der Waals surface area contributed by atoms with Gasteiger partial charge in [0.1, 0.15) is 0 Å². The average molecular weight is 399 g/mol. The fourth-order valence-electron chi connectivity index (χ4n) is 3.58. The molecule has 0 aliphatic carbocycles. The summed E-state index contributed by atoms with van der Waals surface area (Å²) in [5.41, 5.74) is 2.64. The van der Waals surface area contributed by atoms with Gasteiger partial charge in [-0.1, -0.05) is 0 Å². The van der Waals surface area contributed by atoms with Gasteiger partial charge >= 0.3 is 0 Å². The first-order valence-electron chi connectivity index (χ1n) is 8.80. The van der Waals surface area contributed by atoms with Crippen molar-refractivity contribution in [2.45, 2.75) is 19.3 Å². The third-order valence-electron chi connectivity index (χ3n) is 4.86. The predicted molar refractivity (Wildman–Crippen MR) is 108 cm³/mol. The van der Waals surface area contributed by atoms with Crippen molar-refractivity contribution in [3.63, 3.8) is 0 Å². The number of amides is 1. The number of nitrogens with one attached hydrogen (secondary N) is 2. The second kappa shape index (κ2) is 7.20. The summed E-state index contributed by atoms with van der Waals surface area (Å²) in [4.78, 5) is 14.6. The molecule has 7 nitrogen and oxygen atoms in total. The van der Waals surface area contributed by atoms with Gasteiger partial charge in [-0.15, -0.1) is 11.3 Å². The number of fused-ring (bicyclic) bond motifs is 1. The molecule has 146 valence electrons. The number of anilines is 1. The number of methoxy groups -OCH3 is 3. The Labute approximate surface area is 166 Å². The van der Waals surface area contributed by atoms with Crippen LogP contribution in [-0.2, 0) is 4.79 Å². The van der Waals surface area contributed by atoms with E-state index in [1.165, 1.54) is 4.88 Å². The van der Waals surface area contributed by atoms with Gasteiger partial charge in [-0.2, -0.15) is 5.10 Å². The Morgan fingerprint density at radius 1 is 1.11 bits per heavy atom. The van der Waals surface area contributed by atoms with Crippen LogP contribution in [0.5, 0.6) is 17.2 Å². The van der Waals surface area contributed by atoms with Crippen LogP contribution in [0.3, 0.4) is 0 Å². The Morgan fingerprint density at radius 2 is 1.82 bits per heavy atom. The molecule has 1 aromatic carbocycles. The molecule has 1 unspecified atom stereocenters. The lowest BCUT2D eigenvalue weighted by molar-refractivity contribution is -0.116. The standard InChI is InChI=1S/C20H21N3O4S/c1-10-5-6-15(28-10)12-9-16(24)21-20-17(12)18(22-23-20)11-7-13(25-2)19(27-4)14(8-11)26-3/h5-8,12H,9H2,1-4H3,(H2,21,22,23,24). The van der Waals surface area contributed by atoms with E-state index in [1.54, 1.807) is 32.7 Å². The van der Waals surface area contributed by atoms with Crippen LogP contribution in [-0.4, -0.2) is 37.4 Å². The molecule has 1 atom stereocenters. The van der Waals surface area contributed by atoms with Gasteiger partial charge in [-0.3, -0.25) is 9.89 Å². The maximum Gasteiger partial charge on any atom is 0.226 e. The Morgan fingerprint density at radius 3 is 2.39 bits per heavy atom. The molecular weight excluding hydrogens is 378 g/mol. The van der Waals surface area contributed by atoms with E-state index in [1.807, 2.05) is 12.1 Å². The number of nitrogens with zero attached hydrogens (tertiary/aromatic N) is 1. The highest BCUT2D eigenvalue weighted by Gasteiger charge is 2.33. The van der Waals surface area contributed by atoms with E-state index in [0.29, 0.717) is 29.5 Å². The lowest BCUT2D eigenvalue weighted by Gasteiger charge is -2.22. The molecule has 0 spiro atoms. The van der Waals surface area contributed by atoms with Crippen LogP contribution in [0.25, 0.3) is 11.3 Å². The maximum atomic E-state index is 12.2. The van der Waals surface area contributed by atoms with Crippen molar-refractivity contribution in [2.24, 2.45) is 0 Å². The fraction of sp³-hybridized carbons (Fsp3) is 0.300. The van der Waals surface area contributed by atoms with Crippen LogP contribution < -0.4 is 19.5 Å². The molecule has 1 aliphatic heterocycles.